The standard InChI is InChI=1S/C25H41N5O2/c1-5-26-24(27-19-25(3,4)28-20(2)21-9-7-6-8-10-21)30-13-11-22(12-14-30)23(31)29-15-17-32-18-16-29/h6-10,20,22,28H,5,11-19H2,1-4H3,(H,26,27). The second kappa shape index (κ2) is 11.7. The number of hydrogen-bond acceptors (Lipinski definition) is 4. The van der Waals surface area contributed by atoms with Crippen molar-refractivity contribution in [3.05, 3.63) is 35.9 Å². The van der Waals surface area contributed by atoms with Crippen LogP contribution in [0.5, 0.6) is 0 Å². The van der Waals surface area contributed by atoms with E-state index < -0.39 is 0 Å². The van der Waals surface area contributed by atoms with E-state index in [9.17, 15) is 4.79 Å². The molecule has 2 aliphatic rings. The average molecular weight is 444 g/mol. The Hall–Kier alpha value is -2.12. The lowest BCUT2D eigenvalue weighted by molar-refractivity contribution is -0.140. The topological polar surface area (TPSA) is 69.2 Å². The number of nitrogens with zero attached hydrogens (tertiary/aromatic N) is 3. The fourth-order valence-electron chi connectivity index (χ4n) is 4.54. The monoisotopic (exact) mass is 443 g/mol. The number of rotatable bonds is 7. The van der Waals surface area contributed by atoms with Gasteiger partial charge in [0.25, 0.3) is 0 Å². The van der Waals surface area contributed by atoms with E-state index in [1.807, 2.05) is 11.0 Å². The maximum Gasteiger partial charge on any atom is 0.225 e. The summed E-state index contributed by atoms with van der Waals surface area (Å²) in [5.41, 5.74) is 1.14. The van der Waals surface area contributed by atoms with Crippen molar-refractivity contribution in [2.24, 2.45) is 10.9 Å². The molecule has 0 aliphatic carbocycles. The molecular weight excluding hydrogens is 402 g/mol. The van der Waals surface area contributed by atoms with Crippen LogP contribution in [0.3, 0.4) is 0 Å². The van der Waals surface area contributed by atoms with Gasteiger partial charge in [0.15, 0.2) is 5.96 Å². The highest BCUT2D eigenvalue weighted by molar-refractivity contribution is 5.82. The molecule has 1 unspecified atom stereocenters. The third-order valence-corrected chi connectivity index (χ3v) is 6.33. The minimum atomic E-state index is -0.138. The van der Waals surface area contributed by atoms with Crippen LogP contribution in [0.15, 0.2) is 35.3 Å². The Bertz CT molecular complexity index is 738. The molecule has 1 aromatic rings. The van der Waals surface area contributed by atoms with E-state index in [4.69, 9.17) is 9.73 Å². The van der Waals surface area contributed by atoms with Gasteiger partial charge in [0.1, 0.15) is 0 Å². The molecule has 1 amide bonds. The van der Waals surface area contributed by atoms with Crippen LogP contribution in [0.4, 0.5) is 0 Å². The van der Waals surface area contributed by atoms with Crippen LogP contribution >= 0.6 is 0 Å². The Morgan fingerprint density at radius 2 is 1.78 bits per heavy atom. The van der Waals surface area contributed by atoms with E-state index in [1.165, 1.54) is 5.56 Å². The molecule has 0 bridgehead atoms. The van der Waals surface area contributed by atoms with Crippen molar-refractivity contribution >= 4 is 11.9 Å². The minimum absolute atomic E-state index is 0.122. The van der Waals surface area contributed by atoms with Gasteiger partial charge in [0.05, 0.1) is 19.8 Å². The number of ether oxygens (including phenoxy) is 1. The number of morpholine rings is 1. The number of hydrogen-bond donors (Lipinski definition) is 2. The summed E-state index contributed by atoms with van der Waals surface area (Å²) < 4.78 is 5.38. The number of benzene rings is 1. The zero-order chi connectivity index (χ0) is 23.0. The van der Waals surface area contributed by atoms with Crippen LogP contribution < -0.4 is 10.6 Å². The number of carbonyl (C=O) groups is 1. The van der Waals surface area contributed by atoms with Gasteiger partial charge in [0.2, 0.25) is 5.91 Å². The number of aliphatic imine (C=N–C) groups is 1. The first-order chi connectivity index (χ1) is 15.4. The summed E-state index contributed by atoms with van der Waals surface area (Å²) in [5.74, 6) is 1.37. The largest absolute Gasteiger partial charge is 0.378 e. The van der Waals surface area contributed by atoms with Gasteiger partial charge in [0, 0.05) is 50.2 Å². The fraction of sp³-hybridized carbons (Fsp3) is 0.680. The summed E-state index contributed by atoms with van der Waals surface area (Å²) >= 11 is 0. The highest BCUT2D eigenvalue weighted by atomic mass is 16.5. The lowest BCUT2D eigenvalue weighted by atomic mass is 9.95. The van der Waals surface area contributed by atoms with Crippen molar-refractivity contribution < 1.29 is 9.53 Å². The van der Waals surface area contributed by atoms with E-state index in [0.29, 0.717) is 25.7 Å². The Morgan fingerprint density at radius 1 is 1.12 bits per heavy atom. The number of nitrogens with one attached hydrogen (secondary N) is 2. The summed E-state index contributed by atoms with van der Waals surface area (Å²) in [6.45, 7) is 14.7. The van der Waals surface area contributed by atoms with Gasteiger partial charge in [-0.3, -0.25) is 9.79 Å². The lowest BCUT2D eigenvalue weighted by Crippen LogP contribution is -2.50. The van der Waals surface area contributed by atoms with E-state index in [2.05, 4.69) is 67.5 Å². The number of carbonyl (C=O) groups excluding carboxylic acids is 1. The number of guanidine groups is 1. The molecule has 2 saturated heterocycles. The van der Waals surface area contributed by atoms with Crippen LogP contribution in [-0.2, 0) is 9.53 Å². The fourth-order valence-corrected chi connectivity index (χ4v) is 4.54. The SMILES string of the molecule is CCNC(=NCC(C)(C)NC(C)c1ccccc1)N1CCC(C(=O)N2CCOCC2)CC1. The Balaban J connectivity index is 1.54. The summed E-state index contributed by atoms with van der Waals surface area (Å²) in [4.78, 5) is 22.1. The molecule has 0 spiro atoms. The first-order valence-corrected chi connectivity index (χ1v) is 12.1. The molecule has 2 heterocycles. The van der Waals surface area contributed by atoms with Crippen molar-refractivity contribution in [2.75, 3.05) is 52.5 Å². The molecule has 3 rings (SSSR count). The van der Waals surface area contributed by atoms with Crippen LogP contribution in [0.1, 0.15) is 52.1 Å². The maximum atomic E-state index is 12.8. The van der Waals surface area contributed by atoms with E-state index >= 15 is 0 Å². The average Bonchev–Trinajstić information content (AvgIpc) is 2.82. The minimum Gasteiger partial charge on any atom is -0.378 e. The summed E-state index contributed by atoms with van der Waals surface area (Å²) in [6.07, 6.45) is 1.76. The Morgan fingerprint density at radius 3 is 2.41 bits per heavy atom. The molecular formula is C25H41N5O2. The number of piperidine rings is 1. The summed E-state index contributed by atoms with van der Waals surface area (Å²) in [5, 5.41) is 7.17. The zero-order valence-corrected chi connectivity index (χ0v) is 20.3. The van der Waals surface area contributed by atoms with Crippen molar-refractivity contribution in [2.45, 2.75) is 52.1 Å². The molecule has 7 heteroatoms. The van der Waals surface area contributed by atoms with Gasteiger partial charge in [-0.05, 0) is 46.1 Å². The number of likely N-dealkylation sites (tertiary alicyclic amines) is 1. The molecule has 178 valence electrons. The second-order valence-corrected chi connectivity index (χ2v) is 9.53. The predicted molar refractivity (Wildman–Crippen MR) is 130 cm³/mol. The molecule has 1 aromatic carbocycles. The molecule has 7 nitrogen and oxygen atoms in total. The normalized spacial score (nSPS) is 19.7. The lowest BCUT2D eigenvalue weighted by Gasteiger charge is -2.37. The van der Waals surface area contributed by atoms with Crippen LogP contribution in [0, 0.1) is 5.92 Å². The van der Waals surface area contributed by atoms with E-state index in [1.54, 1.807) is 0 Å². The van der Waals surface area contributed by atoms with E-state index in [0.717, 1.165) is 51.5 Å². The highest BCUT2D eigenvalue weighted by Gasteiger charge is 2.30. The van der Waals surface area contributed by atoms with Gasteiger partial charge < -0.3 is 25.2 Å². The molecule has 32 heavy (non-hydrogen) atoms. The third-order valence-electron chi connectivity index (χ3n) is 6.33. The Kier molecular flexibility index (Phi) is 8.93. The van der Waals surface area contributed by atoms with Gasteiger partial charge in [-0.25, -0.2) is 0 Å². The number of amides is 1. The van der Waals surface area contributed by atoms with Crippen molar-refractivity contribution in [3.63, 3.8) is 0 Å². The van der Waals surface area contributed by atoms with Crippen LogP contribution in [0.25, 0.3) is 0 Å². The van der Waals surface area contributed by atoms with Gasteiger partial charge in [-0.15, -0.1) is 0 Å². The Labute approximate surface area is 193 Å². The molecule has 1 atom stereocenters. The second-order valence-electron chi connectivity index (χ2n) is 9.53. The molecule has 2 fully saturated rings. The smallest absolute Gasteiger partial charge is 0.225 e. The van der Waals surface area contributed by atoms with Crippen LogP contribution in [-0.4, -0.2) is 79.7 Å². The predicted octanol–water partition coefficient (Wildman–Crippen LogP) is 2.65. The summed E-state index contributed by atoms with van der Waals surface area (Å²) in [7, 11) is 0. The van der Waals surface area contributed by atoms with Gasteiger partial charge >= 0.3 is 0 Å². The molecule has 0 radical (unpaired) electrons. The van der Waals surface area contributed by atoms with Crippen molar-refractivity contribution in [3.8, 4) is 0 Å². The van der Waals surface area contributed by atoms with Crippen molar-refractivity contribution in [1.82, 2.24) is 20.4 Å². The molecule has 0 aromatic heterocycles. The van der Waals surface area contributed by atoms with Gasteiger partial charge in [-0.1, -0.05) is 30.3 Å². The quantitative estimate of drug-likeness (QED) is 0.501. The summed E-state index contributed by atoms with van der Waals surface area (Å²) in [6, 6.07) is 10.8. The highest BCUT2D eigenvalue weighted by Crippen LogP contribution is 2.21. The first-order valence-electron chi connectivity index (χ1n) is 12.1. The molecule has 2 N–H and O–H groups in total. The maximum absolute atomic E-state index is 12.8. The van der Waals surface area contributed by atoms with Crippen molar-refractivity contribution in [1.29, 1.82) is 0 Å². The zero-order valence-electron chi connectivity index (χ0n) is 20.3. The molecule has 2 aliphatic heterocycles. The van der Waals surface area contributed by atoms with E-state index in [-0.39, 0.29) is 17.5 Å². The van der Waals surface area contributed by atoms with Gasteiger partial charge in [-0.2, -0.15) is 0 Å². The third kappa shape index (κ3) is 6.94. The first kappa shape index (κ1) is 24.5. The van der Waals surface area contributed by atoms with Crippen LogP contribution in [0.2, 0.25) is 0 Å². The molecule has 0 saturated carbocycles.